The minimum Gasteiger partial charge on any atom is -0.386 e. The molecule has 5 nitrogen and oxygen atoms in total. The van der Waals surface area contributed by atoms with Crippen molar-refractivity contribution in [2.75, 3.05) is 6.54 Å². The highest BCUT2D eigenvalue weighted by Crippen LogP contribution is 2.26. The first kappa shape index (κ1) is 14.4. The molecular formula is C11H11ClN2O3S2. The molecule has 1 unspecified atom stereocenters. The van der Waals surface area contributed by atoms with E-state index in [1.807, 2.05) is 0 Å². The highest BCUT2D eigenvalue weighted by atomic mass is 35.5. The molecule has 8 heteroatoms. The van der Waals surface area contributed by atoms with Crippen molar-refractivity contribution < 1.29 is 13.5 Å². The van der Waals surface area contributed by atoms with Gasteiger partial charge >= 0.3 is 0 Å². The molecule has 0 spiro atoms. The van der Waals surface area contributed by atoms with Crippen molar-refractivity contribution >= 4 is 33.0 Å². The zero-order valence-corrected chi connectivity index (χ0v) is 12.0. The van der Waals surface area contributed by atoms with Gasteiger partial charge in [-0.3, -0.25) is 0 Å². The predicted molar refractivity (Wildman–Crippen MR) is 73.7 cm³/mol. The third kappa shape index (κ3) is 3.74. The molecule has 2 heterocycles. The molecule has 0 aromatic carbocycles. The van der Waals surface area contributed by atoms with Crippen molar-refractivity contribution in [3.05, 3.63) is 45.7 Å². The van der Waals surface area contributed by atoms with Crippen LogP contribution in [0.5, 0.6) is 0 Å². The molecule has 2 rings (SSSR count). The van der Waals surface area contributed by atoms with E-state index in [0.717, 1.165) is 0 Å². The second-order valence-corrected chi connectivity index (χ2v) is 7.14. The number of hydrogen-bond acceptors (Lipinski definition) is 5. The van der Waals surface area contributed by atoms with Crippen molar-refractivity contribution in [3.63, 3.8) is 0 Å². The molecule has 0 amide bonds. The summed E-state index contributed by atoms with van der Waals surface area (Å²) in [5.41, 5.74) is 0. The van der Waals surface area contributed by atoms with Crippen molar-refractivity contribution in [3.8, 4) is 0 Å². The van der Waals surface area contributed by atoms with Crippen LogP contribution in [0.4, 0.5) is 0 Å². The van der Waals surface area contributed by atoms with E-state index in [1.165, 1.54) is 23.6 Å². The van der Waals surface area contributed by atoms with Crippen LogP contribution in [0, 0.1) is 0 Å². The number of hydrogen-bond donors (Lipinski definition) is 2. The van der Waals surface area contributed by atoms with Crippen LogP contribution in [0.1, 0.15) is 11.0 Å². The lowest BCUT2D eigenvalue weighted by Crippen LogP contribution is -2.28. The predicted octanol–water partition coefficient (Wildman–Crippen LogP) is 1.81. The molecule has 2 aromatic heterocycles. The first-order chi connectivity index (χ1) is 8.99. The van der Waals surface area contributed by atoms with Gasteiger partial charge < -0.3 is 5.11 Å². The van der Waals surface area contributed by atoms with Gasteiger partial charge in [-0.15, -0.1) is 11.3 Å². The maximum absolute atomic E-state index is 11.9. The summed E-state index contributed by atoms with van der Waals surface area (Å²) in [6.07, 6.45) is 0.459. The van der Waals surface area contributed by atoms with Gasteiger partial charge in [-0.2, -0.15) is 0 Å². The smallest absolute Gasteiger partial charge is 0.258 e. The molecule has 0 bridgehead atoms. The van der Waals surface area contributed by atoms with Crippen LogP contribution in [-0.2, 0) is 10.0 Å². The topological polar surface area (TPSA) is 79.3 Å². The van der Waals surface area contributed by atoms with Gasteiger partial charge in [0.2, 0.25) is 0 Å². The Morgan fingerprint density at radius 1 is 1.37 bits per heavy atom. The van der Waals surface area contributed by atoms with Gasteiger partial charge in [-0.05, 0) is 24.3 Å². The van der Waals surface area contributed by atoms with E-state index in [4.69, 9.17) is 11.6 Å². The summed E-state index contributed by atoms with van der Waals surface area (Å²) < 4.78 is 26.6. The van der Waals surface area contributed by atoms with Gasteiger partial charge in [0.1, 0.15) is 6.10 Å². The Kier molecular flexibility index (Phi) is 4.54. The van der Waals surface area contributed by atoms with Crippen LogP contribution >= 0.6 is 22.9 Å². The number of nitrogens with zero attached hydrogens (tertiary/aromatic N) is 1. The molecule has 1 atom stereocenters. The van der Waals surface area contributed by atoms with Crippen LogP contribution in [0.2, 0.25) is 4.34 Å². The number of rotatable bonds is 5. The monoisotopic (exact) mass is 318 g/mol. The van der Waals surface area contributed by atoms with Crippen molar-refractivity contribution in [2.24, 2.45) is 0 Å². The minimum absolute atomic E-state index is 0.0774. The highest BCUT2D eigenvalue weighted by Gasteiger charge is 2.18. The summed E-state index contributed by atoms with van der Waals surface area (Å²) in [4.78, 5) is 4.36. The Balaban J connectivity index is 2.02. The Morgan fingerprint density at radius 2 is 2.16 bits per heavy atom. The Hall–Kier alpha value is -0.990. The van der Waals surface area contributed by atoms with Gasteiger partial charge in [0.15, 0.2) is 5.03 Å². The second-order valence-electron chi connectivity index (χ2n) is 3.68. The second kappa shape index (κ2) is 5.98. The standard InChI is InChI=1S/C11H11ClN2O3S2/c12-10-5-4-9(18-10)8(15)7-14-19(16,17)11-3-1-2-6-13-11/h1-6,8,14-15H,7H2. The van der Waals surface area contributed by atoms with Crippen LogP contribution in [0.15, 0.2) is 41.6 Å². The number of nitrogens with one attached hydrogen (secondary N) is 1. The van der Waals surface area contributed by atoms with Gasteiger partial charge in [0, 0.05) is 17.6 Å². The molecule has 19 heavy (non-hydrogen) atoms. The van der Waals surface area contributed by atoms with E-state index in [2.05, 4.69) is 9.71 Å². The van der Waals surface area contributed by atoms with E-state index >= 15 is 0 Å². The van der Waals surface area contributed by atoms with Crippen molar-refractivity contribution in [1.29, 1.82) is 0 Å². The molecule has 0 fully saturated rings. The Labute approximate surface area is 119 Å². The SMILES string of the molecule is O=S(=O)(NCC(O)c1ccc(Cl)s1)c1ccccn1. The largest absolute Gasteiger partial charge is 0.386 e. The Bertz CT molecular complexity index is 643. The third-order valence-electron chi connectivity index (χ3n) is 2.30. The van der Waals surface area contributed by atoms with Gasteiger partial charge in [0.05, 0.1) is 4.34 Å². The van der Waals surface area contributed by atoms with E-state index in [0.29, 0.717) is 9.21 Å². The quantitative estimate of drug-likeness (QED) is 0.881. The molecule has 102 valence electrons. The third-order valence-corrected chi connectivity index (χ3v) is 4.97. The molecule has 0 radical (unpaired) electrons. The fraction of sp³-hybridized carbons (Fsp3) is 0.182. The summed E-state index contributed by atoms with van der Waals surface area (Å²) >= 11 is 6.96. The first-order valence-corrected chi connectivity index (χ1v) is 8.01. The molecular weight excluding hydrogens is 308 g/mol. The molecule has 0 aliphatic rings. The number of pyridine rings is 1. The molecule has 2 N–H and O–H groups in total. The molecule has 0 saturated carbocycles. The summed E-state index contributed by atoms with van der Waals surface area (Å²) in [6, 6.07) is 7.90. The van der Waals surface area contributed by atoms with E-state index in [1.54, 1.807) is 24.3 Å². The van der Waals surface area contributed by atoms with Gasteiger partial charge in [0.25, 0.3) is 10.0 Å². The summed E-state index contributed by atoms with van der Waals surface area (Å²) in [6.45, 7) is -0.129. The number of sulfonamides is 1. The normalized spacial score (nSPS) is 13.4. The number of aliphatic hydroxyl groups excluding tert-OH is 1. The maximum atomic E-state index is 11.9. The van der Waals surface area contributed by atoms with Crippen LogP contribution in [0.3, 0.4) is 0 Å². The van der Waals surface area contributed by atoms with Crippen LogP contribution < -0.4 is 4.72 Å². The number of aliphatic hydroxyl groups is 1. The van der Waals surface area contributed by atoms with Gasteiger partial charge in [-0.25, -0.2) is 18.1 Å². The Morgan fingerprint density at radius 3 is 2.74 bits per heavy atom. The molecule has 0 aliphatic heterocycles. The van der Waals surface area contributed by atoms with E-state index in [-0.39, 0.29) is 11.6 Å². The average molecular weight is 319 g/mol. The minimum atomic E-state index is -3.71. The maximum Gasteiger partial charge on any atom is 0.258 e. The zero-order valence-electron chi connectivity index (χ0n) is 9.65. The van der Waals surface area contributed by atoms with E-state index < -0.39 is 16.1 Å². The highest BCUT2D eigenvalue weighted by molar-refractivity contribution is 7.89. The van der Waals surface area contributed by atoms with Crippen molar-refractivity contribution in [1.82, 2.24) is 9.71 Å². The summed E-state index contributed by atoms with van der Waals surface area (Å²) in [5, 5.41) is 9.77. The lowest BCUT2D eigenvalue weighted by molar-refractivity contribution is 0.185. The summed E-state index contributed by atoms with van der Waals surface area (Å²) in [5.74, 6) is 0. The zero-order chi connectivity index (χ0) is 13.9. The molecule has 2 aromatic rings. The van der Waals surface area contributed by atoms with Crippen molar-refractivity contribution in [2.45, 2.75) is 11.1 Å². The average Bonchev–Trinajstić information content (AvgIpc) is 2.84. The van der Waals surface area contributed by atoms with Gasteiger partial charge in [-0.1, -0.05) is 17.7 Å². The first-order valence-electron chi connectivity index (χ1n) is 5.33. The number of aromatic nitrogens is 1. The molecule has 0 saturated heterocycles. The lowest BCUT2D eigenvalue weighted by atomic mass is 10.3. The fourth-order valence-electron chi connectivity index (χ4n) is 1.38. The van der Waals surface area contributed by atoms with Crippen LogP contribution in [-0.4, -0.2) is 25.1 Å². The van der Waals surface area contributed by atoms with Crippen LogP contribution in [0.25, 0.3) is 0 Å². The summed E-state index contributed by atoms with van der Waals surface area (Å²) in [7, 11) is -3.71. The number of halogens is 1. The molecule has 0 aliphatic carbocycles. The van der Waals surface area contributed by atoms with E-state index in [9.17, 15) is 13.5 Å². The fourth-order valence-corrected chi connectivity index (χ4v) is 3.41. The lowest BCUT2D eigenvalue weighted by Gasteiger charge is -2.10. The number of thiophene rings is 1.